The smallest absolute Gasteiger partial charge is 0.160 e. The number of methoxy groups -OCH3 is 1. The van der Waals surface area contributed by atoms with Gasteiger partial charge in [-0.2, -0.15) is 0 Å². The number of piperidine rings is 1. The molecule has 2 rings (SSSR count). The highest BCUT2D eigenvalue weighted by Crippen LogP contribution is 2.28. The standard InChI is InChI=1S/C13H20N2O2/c1-17-13-5-4-11(7-12(13)16)15-9-10-3-2-6-14-8-10/h4-5,7,10,14-16H,2-3,6,8-9H2,1H3. The Morgan fingerprint density at radius 3 is 3.06 bits per heavy atom. The first kappa shape index (κ1) is 12.0. The van der Waals surface area contributed by atoms with Crippen LogP contribution in [0.3, 0.4) is 0 Å². The molecule has 1 atom stereocenters. The second kappa shape index (κ2) is 5.77. The molecule has 4 nitrogen and oxygen atoms in total. The number of rotatable bonds is 4. The van der Waals surface area contributed by atoms with E-state index in [1.165, 1.54) is 12.8 Å². The van der Waals surface area contributed by atoms with Crippen LogP contribution >= 0.6 is 0 Å². The summed E-state index contributed by atoms with van der Waals surface area (Å²) in [6, 6.07) is 5.40. The third kappa shape index (κ3) is 3.27. The number of hydrogen-bond acceptors (Lipinski definition) is 4. The van der Waals surface area contributed by atoms with E-state index in [-0.39, 0.29) is 5.75 Å². The molecule has 1 fully saturated rings. The van der Waals surface area contributed by atoms with Crippen molar-refractivity contribution in [3.05, 3.63) is 18.2 Å². The molecule has 0 bridgehead atoms. The molecule has 1 aliphatic heterocycles. The Kier molecular flexibility index (Phi) is 4.09. The van der Waals surface area contributed by atoms with Gasteiger partial charge in [-0.25, -0.2) is 0 Å². The number of phenols is 1. The van der Waals surface area contributed by atoms with Crippen LogP contribution in [0, 0.1) is 5.92 Å². The van der Waals surface area contributed by atoms with Gasteiger partial charge in [-0.3, -0.25) is 0 Å². The van der Waals surface area contributed by atoms with Crippen molar-refractivity contribution in [3.8, 4) is 11.5 Å². The third-order valence-electron chi connectivity index (χ3n) is 3.17. The minimum Gasteiger partial charge on any atom is -0.504 e. The van der Waals surface area contributed by atoms with Gasteiger partial charge in [-0.1, -0.05) is 0 Å². The fourth-order valence-electron chi connectivity index (χ4n) is 2.16. The SMILES string of the molecule is COc1ccc(NCC2CCCNC2)cc1O. The number of anilines is 1. The van der Waals surface area contributed by atoms with E-state index in [4.69, 9.17) is 4.74 Å². The molecule has 1 aromatic carbocycles. The molecule has 1 unspecified atom stereocenters. The molecular formula is C13H20N2O2. The van der Waals surface area contributed by atoms with Crippen LogP contribution in [0.2, 0.25) is 0 Å². The maximum Gasteiger partial charge on any atom is 0.160 e. The highest BCUT2D eigenvalue weighted by Gasteiger charge is 2.12. The van der Waals surface area contributed by atoms with E-state index >= 15 is 0 Å². The molecule has 0 saturated carbocycles. The Bertz CT molecular complexity index is 362. The van der Waals surface area contributed by atoms with Gasteiger partial charge in [0.2, 0.25) is 0 Å². The summed E-state index contributed by atoms with van der Waals surface area (Å²) in [4.78, 5) is 0. The van der Waals surface area contributed by atoms with Gasteiger partial charge in [0.25, 0.3) is 0 Å². The van der Waals surface area contributed by atoms with Crippen molar-refractivity contribution in [2.45, 2.75) is 12.8 Å². The summed E-state index contributed by atoms with van der Waals surface area (Å²) in [7, 11) is 1.55. The first-order chi connectivity index (χ1) is 8.29. The fraction of sp³-hybridized carbons (Fsp3) is 0.538. The summed E-state index contributed by atoms with van der Waals surface area (Å²) in [6.07, 6.45) is 2.52. The average Bonchev–Trinajstić information content (AvgIpc) is 2.38. The molecule has 0 aliphatic carbocycles. The number of aromatic hydroxyl groups is 1. The molecule has 17 heavy (non-hydrogen) atoms. The first-order valence-electron chi connectivity index (χ1n) is 6.11. The summed E-state index contributed by atoms with van der Waals surface area (Å²) in [5.41, 5.74) is 0.939. The zero-order valence-corrected chi connectivity index (χ0v) is 10.2. The van der Waals surface area contributed by atoms with Gasteiger partial charge >= 0.3 is 0 Å². The quantitative estimate of drug-likeness (QED) is 0.746. The average molecular weight is 236 g/mol. The number of ether oxygens (including phenoxy) is 1. The summed E-state index contributed by atoms with van der Waals surface area (Å²) in [5, 5.41) is 16.4. The normalized spacial score (nSPS) is 19.9. The molecule has 1 heterocycles. The Labute approximate surface area is 102 Å². The molecule has 0 amide bonds. The topological polar surface area (TPSA) is 53.5 Å². The van der Waals surface area contributed by atoms with Gasteiger partial charge in [0.1, 0.15) is 0 Å². The molecule has 1 aromatic rings. The van der Waals surface area contributed by atoms with E-state index in [9.17, 15) is 5.11 Å². The van der Waals surface area contributed by atoms with E-state index in [2.05, 4.69) is 10.6 Å². The van der Waals surface area contributed by atoms with E-state index in [1.54, 1.807) is 19.2 Å². The van der Waals surface area contributed by atoms with Crippen molar-refractivity contribution in [1.82, 2.24) is 5.32 Å². The van der Waals surface area contributed by atoms with Crippen molar-refractivity contribution in [2.24, 2.45) is 5.92 Å². The van der Waals surface area contributed by atoms with Crippen molar-refractivity contribution in [2.75, 3.05) is 32.1 Å². The largest absolute Gasteiger partial charge is 0.504 e. The second-order valence-electron chi connectivity index (χ2n) is 4.48. The molecule has 0 spiro atoms. The minimum absolute atomic E-state index is 0.180. The van der Waals surface area contributed by atoms with Crippen LogP contribution in [0.15, 0.2) is 18.2 Å². The van der Waals surface area contributed by atoms with E-state index < -0.39 is 0 Å². The van der Waals surface area contributed by atoms with Crippen molar-refractivity contribution in [1.29, 1.82) is 0 Å². The van der Waals surface area contributed by atoms with E-state index in [0.29, 0.717) is 11.7 Å². The Morgan fingerprint density at radius 2 is 2.41 bits per heavy atom. The molecular weight excluding hydrogens is 216 g/mol. The lowest BCUT2D eigenvalue weighted by Gasteiger charge is -2.23. The first-order valence-corrected chi connectivity index (χ1v) is 6.11. The Hall–Kier alpha value is -1.42. The Balaban J connectivity index is 1.87. The predicted molar refractivity (Wildman–Crippen MR) is 68.7 cm³/mol. The molecule has 1 saturated heterocycles. The van der Waals surface area contributed by atoms with E-state index in [1.807, 2.05) is 6.07 Å². The lowest BCUT2D eigenvalue weighted by atomic mass is 10.00. The minimum atomic E-state index is 0.180. The van der Waals surface area contributed by atoms with Gasteiger partial charge in [-0.15, -0.1) is 0 Å². The maximum atomic E-state index is 9.65. The van der Waals surface area contributed by atoms with Crippen LogP contribution in [0.25, 0.3) is 0 Å². The monoisotopic (exact) mass is 236 g/mol. The van der Waals surface area contributed by atoms with Gasteiger partial charge in [-0.05, 0) is 44.0 Å². The fourth-order valence-corrected chi connectivity index (χ4v) is 2.16. The van der Waals surface area contributed by atoms with Gasteiger partial charge < -0.3 is 20.5 Å². The lowest BCUT2D eigenvalue weighted by molar-refractivity contribution is 0.373. The Morgan fingerprint density at radius 1 is 1.53 bits per heavy atom. The highest BCUT2D eigenvalue weighted by molar-refractivity contribution is 5.54. The summed E-state index contributed by atoms with van der Waals surface area (Å²) < 4.78 is 5.01. The van der Waals surface area contributed by atoms with Crippen LogP contribution in [0.1, 0.15) is 12.8 Å². The van der Waals surface area contributed by atoms with Crippen molar-refractivity contribution >= 4 is 5.69 Å². The molecule has 94 valence electrons. The molecule has 0 radical (unpaired) electrons. The maximum absolute atomic E-state index is 9.65. The summed E-state index contributed by atoms with van der Waals surface area (Å²) in [6.45, 7) is 3.16. The summed E-state index contributed by atoms with van der Waals surface area (Å²) in [5.74, 6) is 1.36. The van der Waals surface area contributed by atoms with Gasteiger partial charge in [0.15, 0.2) is 11.5 Å². The number of phenolic OH excluding ortho intramolecular Hbond substituents is 1. The van der Waals surface area contributed by atoms with Crippen LogP contribution in [-0.4, -0.2) is 31.9 Å². The van der Waals surface area contributed by atoms with Crippen molar-refractivity contribution in [3.63, 3.8) is 0 Å². The molecule has 3 N–H and O–H groups in total. The van der Waals surface area contributed by atoms with Gasteiger partial charge in [0, 0.05) is 18.3 Å². The van der Waals surface area contributed by atoms with Crippen LogP contribution in [0.4, 0.5) is 5.69 Å². The predicted octanol–water partition coefficient (Wildman–Crippen LogP) is 1.81. The third-order valence-corrected chi connectivity index (χ3v) is 3.17. The molecule has 1 aliphatic rings. The van der Waals surface area contributed by atoms with Crippen LogP contribution in [-0.2, 0) is 0 Å². The number of hydrogen-bond donors (Lipinski definition) is 3. The number of benzene rings is 1. The zero-order valence-electron chi connectivity index (χ0n) is 10.2. The van der Waals surface area contributed by atoms with Crippen molar-refractivity contribution < 1.29 is 9.84 Å². The zero-order chi connectivity index (χ0) is 12.1. The summed E-state index contributed by atoms with van der Waals surface area (Å²) >= 11 is 0. The highest BCUT2D eigenvalue weighted by atomic mass is 16.5. The van der Waals surface area contributed by atoms with Crippen LogP contribution in [0.5, 0.6) is 11.5 Å². The molecule has 0 aromatic heterocycles. The second-order valence-corrected chi connectivity index (χ2v) is 4.48. The van der Waals surface area contributed by atoms with Gasteiger partial charge in [0.05, 0.1) is 7.11 Å². The van der Waals surface area contributed by atoms with Crippen LogP contribution < -0.4 is 15.4 Å². The molecule has 4 heteroatoms. The number of nitrogens with one attached hydrogen (secondary N) is 2. The van der Waals surface area contributed by atoms with E-state index in [0.717, 1.165) is 25.3 Å². The lowest BCUT2D eigenvalue weighted by Crippen LogP contribution is -2.33.